The van der Waals surface area contributed by atoms with Crippen LogP contribution in [0.1, 0.15) is 5.56 Å². The highest BCUT2D eigenvalue weighted by atomic mass is 32.2. The molecule has 0 amide bonds. The molecule has 0 bridgehead atoms. The molecule has 0 spiro atoms. The van der Waals surface area contributed by atoms with E-state index in [2.05, 4.69) is 4.72 Å². The Labute approximate surface area is 168 Å². The molecule has 0 unspecified atom stereocenters. The number of nitrogens with two attached hydrogens (primary N) is 1. The van der Waals surface area contributed by atoms with Crippen LogP contribution in [-0.2, 0) is 20.0 Å². The summed E-state index contributed by atoms with van der Waals surface area (Å²) in [5.74, 6) is -0.856. The Balaban J connectivity index is 1.81. The Hall–Kier alpha value is -3.01. The predicted molar refractivity (Wildman–Crippen MR) is 111 cm³/mol. The van der Waals surface area contributed by atoms with Gasteiger partial charge in [0.1, 0.15) is 10.7 Å². The molecule has 0 radical (unpaired) electrons. The molecule has 6 nitrogen and oxygen atoms in total. The molecular weight excluding hydrogens is 415 g/mol. The smallest absolute Gasteiger partial charge is 0.255 e. The van der Waals surface area contributed by atoms with E-state index in [-0.39, 0.29) is 5.69 Å². The van der Waals surface area contributed by atoms with Crippen LogP contribution in [0.4, 0.5) is 10.1 Å². The topological polar surface area (TPSA) is 106 Å². The van der Waals surface area contributed by atoms with Crippen LogP contribution in [0.15, 0.2) is 83.1 Å². The van der Waals surface area contributed by atoms with Crippen molar-refractivity contribution < 1.29 is 21.2 Å². The first kappa shape index (κ1) is 20.7. The van der Waals surface area contributed by atoms with Crippen LogP contribution in [0, 0.1) is 5.82 Å². The van der Waals surface area contributed by atoms with Crippen molar-refractivity contribution in [3.05, 3.63) is 89.6 Å². The third kappa shape index (κ3) is 5.50. The van der Waals surface area contributed by atoms with Crippen molar-refractivity contribution in [3.8, 4) is 11.1 Å². The zero-order chi connectivity index (χ0) is 21.1. The molecule has 0 fully saturated rings. The lowest BCUT2D eigenvalue weighted by molar-refractivity contribution is 0.593. The number of nitrogens with one attached hydrogen (secondary N) is 1. The van der Waals surface area contributed by atoms with Gasteiger partial charge >= 0.3 is 0 Å². The quantitative estimate of drug-likeness (QED) is 0.621. The summed E-state index contributed by atoms with van der Waals surface area (Å²) in [6, 6.07) is 19.5. The highest BCUT2D eigenvalue weighted by Crippen LogP contribution is 2.23. The van der Waals surface area contributed by atoms with Crippen LogP contribution in [0.3, 0.4) is 0 Å². The van der Waals surface area contributed by atoms with Gasteiger partial charge in [-0.1, -0.05) is 54.6 Å². The summed E-state index contributed by atoms with van der Waals surface area (Å²) >= 11 is 0. The highest BCUT2D eigenvalue weighted by Gasteiger charge is 2.18. The lowest BCUT2D eigenvalue weighted by Gasteiger charge is -2.09. The maximum Gasteiger partial charge on any atom is 0.255 e. The molecule has 0 atom stereocenters. The maximum atomic E-state index is 13.3. The molecule has 0 aliphatic carbocycles. The fraction of sp³-hybridized carbons (Fsp3) is 0. The van der Waals surface area contributed by atoms with Crippen molar-refractivity contribution >= 4 is 31.8 Å². The van der Waals surface area contributed by atoms with Gasteiger partial charge in [0.25, 0.3) is 10.0 Å². The van der Waals surface area contributed by atoms with Gasteiger partial charge in [-0.25, -0.2) is 26.4 Å². The molecule has 3 aromatic carbocycles. The molecule has 3 aromatic rings. The normalized spacial score (nSPS) is 12.2. The number of sulfonamides is 2. The number of halogens is 1. The standard InChI is InChI=1S/C20H17FN2O4S2/c21-18-10-11-19(20(14-18)29(22,26)27)23-28(24,25)13-12-15-6-8-17(9-7-15)16-4-2-1-3-5-16/h1-14,23H,(H2,22,26,27)/b13-12+. The third-order valence-electron chi connectivity index (χ3n) is 3.96. The van der Waals surface area contributed by atoms with Crippen molar-refractivity contribution in [2.45, 2.75) is 4.90 Å². The van der Waals surface area contributed by atoms with E-state index in [1.165, 1.54) is 6.08 Å². The maximum absolute atomic E-state index is 13.3. The summed E-state index contributed by atoms with van der Waals surface area (Å²) in [5, 5.41) is 5.91. The minimum absolute atomic E-state index is 0.335. The van der Waals surface area contributed by atoms with Crippen LogP contribution >= 0.6 is 0 Å². The van der Waals surface area contributed by atoms with E-state index < -0.39 is 30.8 Å². The van der Waals surface area contributed by atoms with Gasteiger partial charge in [-0.3, -0.25) is 4.72 Å². The Morgan fingerprint density at radius 1 is 0.828 bits per heavy atom. The minimum Gasteiger partial charge on any atom is -0.279 e. The fourth-order valence-corrected chi connectivity index (χ4v) is 4.24. The van der Waals surface area contributed by atoms with Crippen molar-refractivity contribution in [2.75, 3.05) is 4.72 Å². The first-order chi connectivity index (χ1) is 13.6. The molecule has 0 aliphatic rings. The molecule has 3 N–H and O–H groups in total. The summed E-state index contributed by atoms with van der Waals surface area (Å²) in [7, 11) is -8.38. The van der Waals surface area contributed by atoms with Crippen molar-refractivity contribution in [2.24, 2.45) is 5.14 Å². The molecule has 0 aromatic heterocycles. The molecule has 0 saturated carbocycles. The number of rotatable bonds is 6. The van der Waals surface area contributed by atoms with Crippen molar-refractivity contribution in [1.82, 2.24) is 0 Å². The van der Waals surface area contributed by atoms with Gasteiger partial charge in [-0.15, -0.1) is 0 Å². The van der Waals surface area contributed by atoms with Crippen molar-refractivity contribution in [1.29, 1.82) is 0 Å². The second-order valence-corrected chi connectivity index (χ2v) is 9.22. The number of hydrogen-bond donors (Lipinski definition) is 2. The zero-order valence-corrected chi connectivity index (χ0v) is 16.6. The molecule has 9 heteroatoms. The van der Waals surface area contributed by atoms with Gasteiger partial charge in [-0.2, -0.15) is 0 Å². The Bertz CT molecular complexity index is 1260. The van der Waals surface area contributed by atoms with Crippen LogP contribution in [0.5, 0.6) is 0 Å². The number of hydrogen-bond acceptors (Lipinski definition) is 4. The van der Waals surface area contributed by atoms with Gasteiger partial charge in [-0.05, 0) is 41.0 Å². The predicted octanol–water partition coefficient (Wildman–Crippen LogP) is 3.55. The average molecular weight is 432 g/mol. The van der Waals surface area contributed by atoms with Crippen LogP contribution in [-0.4, -0.2) is 16.8 Å². The van der Waals surface area contributed by atoms with E-state index in [0.717, 1.165) is 28.7 Å². The molecule has 29 heavy (non-hydrogen) atoms. The second-order valence-electron chi connectivity index (χ2n) is 6.12. The first-order valence-electron chi connectivity index (χ1n) is 8.33. The van der Waals surface area contributed by atoms with E-state index >= 15 is 0 Å². The van der Waals surface area contributed by atoms with Crippen LogP contribution in [0.2, 0.25) is 0 Å². The number of anilines is 1. The lowest BCUT2D eigenvalue weighted by atomic mass is 10.0. The van der Waals surface area contributed by atoms with E-state index in [0.29, 0.717) is 11.6 Å². The van der Waals surface area contributed by atoms with Gasteiger partial charge in [0.2, 0.25) is 10.0 Å². The minimum atomic E-state index is -4.32. The average Bonchev–Trinajstić information content (AvgIpc) is 2.68. The van der Waals surface area contributed by atoms with E-state index in [9.17, 15) is 21.2 Å². The molecular formula is C20H17FN2O4S2. The summed E-state index contributed by atoms with van der Waals surface area (Å²) < 4.78 is 63.2. The second kappa shape index (κ2) is 8.16. The summed E-state index contributed by atoms with van der Waals surface area (Å²) in [6.07, 6.45) is 1.36. The zero-order valence-electron chi connectivity index (χ0n) is 15.0. The highest BCUT2D eigenvalue weighted by molar-refractivity contribution is 7.95. The first-order valence-corrected chi connectivity index (χ1v) is 11.4. The Morgan fingerprint density at radius 2 is 1.45 bits per heavy atom. The SMILES string of the molecule is NS(=O)(=O)c1cc(F)ccc1NS(=O)(=O)/C=C/c1ccc(-c2ccccc2)cc1. The van der Waals surface area contributed by atoms with Crippen molar-refractivity contribution in [3.63, 3.8) is 0 Å². The molecule has 0 saturated heterocycles. The summed E-state index contributed by atoms with van der Waals surface area (Å²) in [5.41, 5.74) is 2.30. The van der Waals surface area contributed by atoms with Gasteiger partial charge in [0, 0.05) is 0 Å². The number of benzene rings is 3. The van der Waals surface area contributed by atoms with E-state index in [1.807, 2.05) is 42.5 Å². The fourth-order valence-electron chi connectivity index (χ4n) is 2.59. The summed E-state index contributed by atoms with van der Waals surface area (Å²) in [4.78, 5) is -0.651. The van der Waals surface area contributed by atoms with Crippen LogP contribution < -0.4 is 9.86 Å². The van der Waals surface area contributed by atoms with Gasteiger partial charge in [0.15, 0.2) is 0 Å². The summed E-state index contributed by atoms with van der Waals surface area (Å²) in [6.45, 7) is 0. The molecule has 0 aliphatic heterocycles. The Kier molecular flexibility index (Phi) is 5.83. The van der Waals surface area contributed by atoms with E-state index in [1.54, 1.807) is 12.1 Å². The van der Waals surface area contributed by atoms with Gasteiger partial charge < -0.3 is 0 Å². The third-order valence-corrected chi connectivity index (χ3v) is 5.91. The van der Waals surface area contributed by atoms with Gasteiger partial charge in [0.05, 0.1) is 11.1 Å². The van der Waals surface area contributed by atoms with Crippen LogP contribution in [0.25, 0.3) is 17.2 Å². The number of primary sulfonamides is 1. The lowest BCUT2D eigenvalue weighted by Crippen LogP contribution is -2.17. The van der Waals surface area contributed by atoms with E-state index in [4.69, 9.17) is 5.14 Å². The largest absolute Gasteiger partial charge is 0.279 e. The molecule has 3 rings (SSSR count). The molecule has 150 valence electrons. The Morgan fingerprint density at radius 3 is 2.07 bits per heavy atom. The monoisotopic (exact) mass is 432 g/mol. The molecule has 0 heterocycles.